The van der Waals surface area contributed by atoms with E-state index in [2.05, 4.69) is 20.5 Å². The monoisotopic (exact) mass is 380 g/mol. The van der Waals surface area contributed by atoms with Crippen molar-refractivity contribution in [2.45, 2.75) is 13.8 Å². The maximum absolute atomic E-state index is 9.54. The van der Waals surface area contributed by atoms with E-state index in [1.54, 1.807) is 68.4 Å². The number of phenolic OH excluding ortho intramolecular Hbond substituents is 2. The number of aromatic hydroxyl groups is 2. The molecule has 0 aliphatic carbocycles. The predicted molar refractivity (Wildman–Crippen MR) is 105 cm³/mol. The molecule has 3 rings (SSSR count). The molecule has 0 aliphatic heterocycles. The van der Waals surface area contributed by atoms with E-state index in [4.69, 9.17) is 11.6 Å². The molecule has 3 aromatic carbocycles. The molecule has 136 valence electrons. The van der Waals surface area contributed by atoms with Crippen LogP contribution in [-0.4, -0.2) is 10.2 Å². The van der Waals surface area contributed by atoms with Crippen LogP contribution < -0.4 is 0 Å². The van der Waals surface area contributed by atoms with Crippen LogP contribution in [0.4, 0.5) is 22.7 Å². The molecule has 0 heterocycles. The van der Waals surface area contributed by atoms with Crippen molar-refractivity contribution in [1.29, 1.82) is 0 Å². The average Bonchev–Trinajstić information content (AvgIpc) is 2.64. The molecule has 0 bridgehead atoms. The lowest BCUT2D eigenvalue weighted by Gasteiger charge is -2.01. The molecular weight excluding hydrogens is 364 g/mol. The van der Waals surface area contributed by atoms with Gasteiger partial charge in [0, 0.05) is 0 Å². The summed E-state index contributed by atoms with van der Waals surface area (Å²) in [5.41, 5.74) is 3.77. The predicted octanol–water partition coefficient (Wildman–Crippen LogP) is 7.20. The number of aryl methyl sites for hydroxylation is 2. The number of halogens is 1. The van der Waals surface area contributed by atoms with Crippen LogP contribution in [0.3, 0.4) is 0 Å². The van der Waals surface area contributed by atoms with Crippen LogP contribution in [0.15, 0.2) is 75.1 Å². The Morgan fingerprint density at radius 3 is 1.56 bits per heavy atom. The minimum absolute atomic E-state index is 0.213. The Bertz CT molecular complexity index is 1050. The fourth-order valence-corrected chi connectivity index (χ4v) is 2.48. The van der Waals surface area contributed by atoms with Gasteiger partial charge in [0.2, 0.25) is 0 Å². The lowest BCUT2D eigenvalue weighted by molar-refractivity contribution is 0.470. The summed E-state index contributed by atoms with van der Waals surface area (Å²) in [6.07, 6.45) is 0. The van der Waals surface area contributed by atoms with E-state index >= 15 is 0 Å². The smallest absolute Gasteiger partial charge is 0.118 e. The van der Waals surface area contributed by atoms with Gasteiger partial charge in [0.05, 0.1) is 22.1 Å². The van der Waals surface area contributed by atoms with Gasteiger partial charge in [0.25, 0.3) is 0 Å². The van der Waals surface area contributed by atoms with E-state index in [0.29, 0.717) is 27.8 Å². The minimum atomic E-state index is 0.213. The first kappa shape index (κ1) is 18.5. The summed E-state index contributed by atoms with van der Waals surface area (Å²) in [6.45, 7) is 3.58. The molecule has 0 unspecified atom stereocenters. The van der Waals surface area contributed by atoms with Gasteiger partial charge in [-0.15, -0.1) is 5.11 Å². The molecule has 0 saturated heterocycles. The summed E-state index contributed by atoms with van der Waals surface area (Å²) >= 11 is 6.25. The van der Waals surface area contributed by atoms with Crippen LogP contribution in [0, 0.1) is 13.8 Å². The fraction of sp³-hybridized carbons (Fsp3) is 0.100. The topological polar surface area (TPSA) is 89.9 Å². The highest BCUT2D eigenvalue weighted by molar-refractivity contribution is 6.33. The summed E-state index contributed by atoms with van der Waals surface area (Å²) in [6, 6.07) is 15.0. The third-order valence-corrected chi connectivity index (χ3v) is 4.15. The number of benzene rings is 3. The number of phenols is 2. The van der Waals surface area contributed by atoms with E-state index in [1.807, 2.05) is 0 Å². The van der Waals surface area contributed by atoms with Crippen molar-refractivity contribution in [3.63, 3.8) is 0 Å². The molecule has 6 nitrogen and oxygen atoms in total. The van der Waals surface area contributed by atoms with E-state index in [1.165, 1.54) is 0 Å². The molecule has 3 aromatic rings. The average molecular weight is 381 g/mol. The lowest BCUT2D eigenvalue weighted by Crippen LogP contribution is -1.74. The standard InChI is InChI=1S/C20H17ClN4O2/c1-12-9-14(4-7-19(12)26)22-23-16-3-6-18(17(21)11-16)25-24-15-5-8-20(27)13(2)10-15/h3-11,26-27H,1-2H3. The van der Waals surface area contributed by atoms with Gasteiger partial charge in [0.15, 0.2) is 0 Å². The van der Waals surface area contributed by atoms with E-state index in [-0.39, 0.29) is 11.5 Å². The molecule has 0 amide bonds. The normalized spacial score (nSPS) is 11.5. The van der Waals surface area contributed by atoms with Crippen LogP contribution >= 0.6 is 11.6 Å². The third-order valence-electron chi connectivity index (χ3n) is 3.85. The first-order valence-corrected chi connectivity index (χ1v) is 8.52. The van der Waals surface area contributed by atoms with Crippen LogP contribution in [0.2, 0.25) is 5.02 Å². The van der Waals surface area contributed by atoms with E-state index in [0.717, 1.165) is 11.1 Å². The number of hydrogen-bond donors (Lipinski definition) is 2. The Kier molecular flexibility index (Phi) is 5.47. The third kappa shape index (κ3) is 4.68. The highest BCUT2D eigenvalue weighted by Crippen LogP contribution is 2.32. The SMILES string of the molecule is Cc1cc(N=Nc2ccc(N=Nc3ccc(O)c(C)c3)c(Cl)c2)ccc1O. The van der Waals surface area contributed by atoms with E-state index in [9.17, 15) is 10.2 Å². The van der Waals surface area contributed by atoms with Crippen molar-refractivity contribution >= 4 is 34.4 Å². The Balaban J connectivity index is 1.76. The maximum Gasteiger partial charge on any atom is 0.118 e. The minimum Gasteiger partial charge on any atom is -0.508 e. The van der Waals surface area contributed by atoms with Gasteiger partial charge in [-0.1, -0.05) is 11.6 Å². The van der Waals surface area contributed by atoms with E-state index < -0.39 is 0 Å². The quantitative estimate of drug-likeness (QED) is 0.468. The Morgan fingerprint density at radius 2 is 1.07 bits per heavy atom. The molecule has 0 saturated carbocycles. The van der Waals surface area contributed by atoms with Crippen LogP contribution in [-0.2, 0) is 0 Å². The van der Waals surface area contributed by atoms with Crippen molar-refractivity contribution in [1.82, 2.24) is 0 Å². The number of hydrogen-bond acceptors (Lipinski definition) is 6. The van der Waals surface area contributed by atoms with Gasteiger partial charge < -0.3 is 10.2 Å². The lowest BCUT2D eigenvalue weighted by atomic mass is 10.2. The van der Waals surface area contributed by atoms with Gasteiger partial charge >= 0.3 is 0 Å². The summed E-state index contributed by atoms with van der Waals surface area (Å²) in [4.78, 5) is 0. The molecule has 0 atom stereocenters. The first-order valence-electron chi connectivity index (χ1n) is 8.14. The van der Waals surface area contributed by atoms with Crippen LogP contribution in [0.25, 0.3) is 0 Å². The zero-order valence-electron chi connectivity index (χ0n) is 14.8. The van der Waals surface area contributed by atoms with Gasteiger partial charge in [0.1, 0.15) is 17.2 Å². The Hall–Kier alpha value is -3.25. The zero-order valence-corrected chi connectivity index (χ0v) is 15.5. The largest absolute Gasteiger partial charge is 0.508 e. The molecule has 7 heteroatoms. The fourth-order valence-electron chi connectivity index (χ4n) is 2.27. The molecule has 2 N–H and O–H groups in total. The molecule has 0 aliphatic rings. The van der Waals surface area contributed by atoms with Crippen LogP contribution in [0.1, 0.15) is 11.1 Å². The molecule has 0 radical (unpaired) electrons. The van der Waals surface area contributed by atoms with Crippen LogP contribution in [0.5, 0.6) is 11.5 Å². The summed E-state index contributed by atoms with van der Waals surface area (Å²) in [7, 11) is 0. The van der Waals surface area contributed by atoms with Gasteiger partial charge in [-0.25, -0.2) is 0 Å². The van der Waals surface area contributed by atoms with Gasteiger partial charge in [-0.05, 0) is 79.6 Å². The molecule has 0 spiro atoms. The summed E-state index contributed by atoms with van der Waals surface area (Å²) < 4.78 is 0. The molecule has 27 heavy (non-hydrogen) atoms. The number of rotatable bonds is 4. The summed E-state index contributed by atoms with van der Waals surface area (Å²) in [5, 5.41) is 36.0. The Morgan fingerprint density at radius 1 is 0.630 bits per heavy atom. The highest BCUT2D eigenvalue weighted by Gasteiger charge is 2.03. The van der Waals surface area contributed by atoms with Crippen molar-refractivity contribution < 1.29 is 10.2 Å². The zero-order chi connectivity index (χ0) is 19.4. The van der Waals surface area contributed by atoms with Gasteiger partial charge in [-0.2, -0.15) is 15.3 Å². The van der Waals surface area contributed by atoms with Crippen molar-refractivity contribution in [3.8, 4) is 11.5 Å². The van der Waals surface area contributed by atoms with Crippen molar-refractivity contribution in [3.05, 3.63) is 70.7 Å². The van der Waals surface area contributed by atoms with Gasteiger partial charge in [-0.3, -0.25) is 0 Å². The molecular formula is C20H17ClN4O2. The second kappa shape index (κ2) is 7.97. The number of azo groups is 2. The Labute approximate surface area is 161 Å². The number of nitrogens with zero attached hydrogens (tertiary/aromatic N) is 4. The second-order valence-electron chi connectivity index (χ2n) is 5.98. The highest BCUT2D eigenvalue weighted by atomic mass is 35.5. The molecule has 0 aromatic heterocycles. The van der Waals surface area contributed by atoms with Crippen molar-refractivity contribution in [2.75, 3.05) is 0 Å². The first-order chi connectivity index (χ1) is 12.9. The maximum atomic E-state index is 9.54. The second-order valence-corrected chi connectivity index (χ2v) is 6.38. The summed E-state index contributed by atoms with van der Waals surface area (Å²) in [5.74, 6) is 0.432. The molecule has 0 fully saturated rings. The van der Waals surface area contributed by atoms with Crippen molar-refractivity contribution in [2.24, 2.45) is 20.5 Å².